The molecule has 256 valence electrons. The highest BCUT2D eigenvalue weighted by molar-refractivity contribution is 5.78. The summed E-state index contributed by atoms with van der Waals surface area (Å²) in [5.74, 6) is 1.59. The van der Waals surface area contributed by atoms with E-state index in [9.17, 15) is 15.3 Å². The third-order valence-electron chi connectivity index (χ3n) is 6.90. The van der Waals surface area contributed by atoms with Gasteiger partial charge in [-0.1, -0.05) is 36.4 Å². The fourth-order valence-corrected chi connectivity index (χ4v) is 4.61. The van der Waals surface area contributed by atoms with Crippen molar-refractivity contribution in [1.29, 1.82) is 0 Å². The summed E-state index contributed by atoms with van der Waals surface area (Å²) in [6.45, 7) is 7.34. The molecule has 10 nitrogen and oxygen atoms in total. The van der Waals surface area contributed by atoms with Crippen molar-refractivity contribution in [3.05, 3.63) is 108 Å². The molecule has 4 aromatic rings. The van der Waals surface area contributed by atoms with Gasteiger partial charge in [0.25, 0.3) is 0 Å². The summed E-state index contributed by atoms with van der Waals surface area (Å²) < 4.78 is 32.3. The topological polar surface area (TPSA) is 119 Å². The van der Waals surface area contributed by atoms with Crippen LogP contribution in [0.1, 0.15) is 31.9 Å². The molecule has 0 saturated heterocycles. The first-order chi connectivity index (χ1) is 23.4. The summed E-state index contributed by atoms with van der Waals surface area (Å²) in [5, 5.41) is 30.1. The lowest BCUT2D eigenvalue weighted by Crippen LogP contribution is -2.22. The quantitative estimate of drug-likeness (QED) is 0.0714. The Morgan fingerprint density at radius 3 is 1.04 bits per heavy atom. The molecule has 0 radical (unpaired) electrons. The van der Waals surface area contributed by atoms with E-state index in [2.05, 4.69) is 4.90 Å². The van der Waals surface area contributed by atoms with Gasteiger partial charge in [0.15, 0.2) is 0 Å². The third kappa shape index (κ3) is 11.7. The largest absolute Gasteiger partial charge is 0.463 e. The van der Waals surface area contributed by atoms with E-state index < -0.39 is 18.9 Å². The Labute approximate surface area is 282 Å². The fourth-order valence-electron chi connectivity index (χ4n) is 4.61. The average Bonchev–Trinajstić information content (AvgIpc) is 3.10. The number of rotatable bonds is 20. The van der Waals surface area contributed by atoms with Crippen molar-refractivity contribution in [2.45, 2.75) is 39.6 Å². The van der Waals surface area contributed by atoms with Gasteiger partial charge in [-0.3, -0.25) is 0 Å². The molecule has 0 amide bonds. The number of hydrogen-bond acceptors (Lipinski definition) is 10. The number of aliphatic hydroxyl groups is 3. The molecule has 0 spiro atoms. The molecule has 3 N–H and O–H groups in total. The Morgan fingerprint density at radius 1 is 0.458 bits per heavy atom. The van der Waals surface area contributed by atoms with Gasteiger partial charge in [0.05, 0.1) is 0 Å². The predicted molar refractivity (Wildman–Crippen MR) is 186 cm³/mol. The highest BCUT2D eigenvalue weighted by Crippen LogP contribution is 2.36. The summed E-state index contributed by atoms with van der Waals surface area (Å²) in [6, 6.07) is 30.4. The summed E-state index contributed by atoms with van der Waals surface area (Å²) in [4.78, 5) is 2.08. The van der Waals surface area contributed by atoms with Gasteiger partial charge in [0.1, 0.15) is 37.1 Å². The Balaban J connectivity index is 1.51. The molecule has 0 saturated carbocycles. The lowest BCUT2D eigenvalue weighted by Gasteiger charge is -2.26. The fraction of sp³-hybridized carbons (Fsp3) is 0.316. The molecule has 0 aliphatic carbocycles. The Hall–Kier alpha value is -4.42. The second-order valence-corrected chi connectivity index (χ2v) is 10.5. The number of anilines is 3. The van der Waals surface area contributed by atoms with E-state index in [-0.39, 0.29) is 19.8 Å². The van der Waals surface area contributed by atoms with Gasteiger partial charge in [-0.25, -0.2) is 0 Å². The third-order valence-corrected chi connectivity index (χ3v) is 6.90. The average molecular weight is 660 g/mol. The van der Waals surface area contributed by atoms with Gasteiger partial charge < -0.3 is 48.6 Å². The van der Waals surface area contributed by atoms with Crippen LogP contribution in [0.25, 0.3) is 12.2 Å². The Bertz CT molecular complexity index is 1430. The van der Waals surface area contributed by atoms with Gasteiger partial charge in [0.2, 0.25) is 18.9 Å². The molecular weight excluding hydrogens is 614 g/mol. The summed E-state index contributed by atoms with van der Waals surface area (Å²) in [7, 11) is 0. The molecule has 3 atom stereocenters. The zero-order valence-electron chi connectivity index (χ0n) is 27.6. The smallest absolute Gasteiger partial charge is 0.221 e. The highest BCUT2D eigenvalue weighted by Gasteiger charge is 2.15. The van der Waals surface area contributed by atoms with Crippen LogP contribution in [0, 0.1) is 0 Å². The van der Waals surface area contributed by atoms with Gasteiger partial charge in [-0.15, -0.1) is 0 Å². The minimum absolute atomic E-state index is 0.0810. The number of aliphatic hydroxyl groups excluding tert-OH is 3. The first kappa shape index (κ1) is 36.4. The van der Waals surface area contributed by atoms with Gasteiger partial charge in [-0.05, 0) is 105 Å². The molecule has 0 aliphatic heterocycles. The minimum atomic E-state index is -1.07. The summed E-state index contributed by atoms with van der Waals surface area (Å²) >= 11 is 0. The first-order valence-electron chi connectivity index (χ1n) is 16.0. The zero-order valence-corrected chi connectivity index (χ0v) is 27.6. The van der Waals surface area contributed by atoms with E-state index in [1.807, 2.05) is 106 Å². The zero-order chi connectivity index (χ0) is 34.1. The standard InChI is InChI=1S/C38H45NO9/c1-4-43-25-36(40)46-33-19-11-29(12-20-33)8-7-28-9-13-30(14-10-28)39(31-15-21-34(22-16-31)47-37(41)26-44-5-2)32-17-23-35(24-18-32)48-38(42)27-45-6-3/h7-24,36-38,40-42H,4-6,25-27H2,1-3H3. The molecule has 0 bridgehead atoms. The summed E-state index contributed by atoms with van der Waals surface area (Å²) in [5.41, 5.74) is 4.63. The van der Waals surface area contributed by atoms with E-state index in [0.29, 0.717) is 37.1 Å². The molecule has 4 aromatic carbocycles. The van der Waals surface area contributed by atoms with E-state index in [0.717, 1.165) is 28.2 Å². The van der Waals surface area contributed by atoms with E-state index in [4.69, 9.17) is 28.4 Å². The molecule has 4 rings (SSSR count). The van der Waals surface area contributed by atoms with Crippen LogP contribution < -0.4 is 19.1 Å². The molecule has 0 fully saturated rings. The van der Waals surface area contributed by atoms with Gasteiger partial charge >= 0.3 is 0 Å². The van der Waals surface area contributed by atoms with Crippen LogP contribution in [0.3, 0.4) is 0 Å². The molecule has 10 heteroatoms. The van der Waals surface area contributed by atoms with Crippen LogP contribution in [0.5, 0.6) is 17.2 Å². The van der Waals surface area contributed by atoms with Crippen LogP contribution in [0.2, 0.25) is 0 Å². The molecule has 48 heavy (non-hydrogen) atoms. The second kappa shape index (κ2) is 19.4. The molecule has 3 unspecified atom stereocenters. The van der Waals surface area contributed by atoms with Crippen LogP contribution in [-0.4, -0.2) is 73.8 Å². The first-order valence-corrected chi connectivity index (χ1v) is 16.0. The van der Waals surface area contributed by atoms with Crippen molar-refractivity contribution in [3.8, 4) is 17.2 Å². The van der Waals surface area contributed by atoms with E-state index in [1.165, 1.54) is 0 Å². The SMILES string of the molecule is CCOCC(O)Oc1ccc(C=Cc2ccc(N(c3ccc(OC(O)COCC)cc3)c3ccc(OC(O)COCC)cc3)cc2)cc1. The maximum absolute atomic E-state index is 10.1. The monoisotopic (exact) mass is 659 g/mol. The lowest BCUT2D eigenvalue weighted by atomic mass is 10.1. The lowest BCUT2D eigenvalue weighted by molar-refractivity contribution is -0.0751. The molecular formula is C38H45NO9. The second-order valence-electron chi connectivity index (χ2n) is 10.5. The van der Waals surface area contributed by atoms with Crippen molar-refractivity contribution in [3.63, 3.8) is 0 Å². The number of ether oxygens (including phenoxy) is 6. The van der Waals surface area contributed by atoms with Crippen molar-refractivity contribution in [1.82, 2.24) is 0 Å². The van der Waals surface area contributed by atoms with E-state index >= 15 is 0 Å². The van der Waals surface area contributed by atoms with Crippen LogP contribution in [0.15, 0.2) is 97.1 Å². The molecule has 0 heterocycles. The normalized spacial score (nSPS) is 13.2. The van der Waals surface area contributed by atoms with Gasteiger partial charge in [-0.2, -0.15) is 0 Å². The molecule has 0 aromatic heterocycles. The van der Waals surface area contributed by atoms with Crippen LogP contribution in [0.4, 0.5) is 17.1 Å². The predicted octanol–water partition coefficient (Wildman–Crippen LogP) is 6.53. The minimum Gasteiger partial charge on any atom is -0.463 e. The number of nitrogens with zero attached hydrogens (tertiary/aromatic N) is 1. The highest BCUT2D eigenvalue weighted by atomic mass is 16.6. The van der Waals surface area contributed by atoms with Crippen LogP contribution >= 0.6 is 0 Å². The van der Waals surface area contributed by atoms with Crippen molar-refractivity contribution < 1.29 is 43.7 Å². The number of hydrogen-bond donors (Lipinski definition) is 3. The van der Waals surface area contributed by atoms with Crippen molar-refractivity contribution in [2.24, 2.45) is 0 Å². The van der Waals surface area contributed by atoms with E-state index in [1.54, 1.807) is 24.3 Å². The Kier molecular flexibility index (Phi) is 14.7. The van der Waals surface area contributed by atoms with Crippen LogP contribution in [-0.2, 0) is 14.2 Å². The summed E-state index contributed by atoms with van der Waals surface area (Å²) in [6.07, 6.45) is 0.877. The molecule has 0 aliphatic rings. The maximum Gasteiger partial charge on any atom is 0.221 e. The number of benzene rings is 4. The van der Waals surface area contributed by atoms with Gasteiger partial charge in [0, 0.05) is 36.9 Å². The van der Waals surface area contributed by atoms with Crippen molar-refractivity contribution in [2.75, 3.05) is 44.5 Å². The Morgan fingerprint density at radius 2 is 0.729 bits per heavy atom. The maximum atomic E-state index is 10.1. The van der Waals surface area contributed by atoms with Crippen molar-refractivity contribution >= 4 is 29.2 Å².